The van der Waals surface area contributed by atoms with Gasteiger partial charge in [0.25, 0.3) is 15.9 Å². The van der Waals surface area contributed by atoms with E-state index in [1.807, 2.05) is 4.90 Å². The van der Waals surface area contributed by atoms with Crippen molar-refractivity contribution in [2.75, 3.05) is 35.8 Å². The average Bonchev–Trinajstić information content (AvgIpc) is 3.46. The Morgan fingerprint density at radius 2 is 1.62 bits per heavy atom. The minimum atomic E-state index is -4.61. The number of hydrogen-bond donors (Lipinski definition) is 2. The zero-order valence-corrected chi connectivity index (χ0v) is 18.2. The molecule has 2 saturated heterocycles. The lowest BCUT2D eigenvalue weighted by molar-refractivity contribution is -0.137. The number of rotatable bonds is 5. The minimum absolute atomic E-state index is 0.129. The predicted molar refractivity (Wildman–Crippen MR) is 114 cm³/mol. The third kappa shape index (κ3) is 4.72. The molecule has 2 aliphatic heterocycles. The van der Waals surface area contributed by atoms with Crippen LogP contribution >= 0.6 is 0 Å². The molecule has 1 aromatic carbocycles. The summed E-state index contributed by atoms with van der Waals surface area (Å²) < 4.78 is 68.2. The van der Waals surface area contributed by atoms with Gasteiger partial charge in [0.2, 0.25) is 0 Å². The maximum atomic E-state index is 13.3. The third-order valence-corrected chi connectivity index (χ3v) is 7.20. The number of hydrogen-bond acceptors (Lipinski definition) is 4. The first kappa shape index (κ1) is 22.5. The summed E-state index contributed by atoms with van der Waals surface area (Å²) in [4.78, 5) is 18.5. The number of benzene rings is 1. The largest absolute Gasteiger partial charge is 0.416 e. The molecule has 0 aliphatic carbocycles. The summed E-state index contributed by atoms with van der Waals surface area (Å²) in [5.41, 5.74) is -0.525. The number of likely N-dealkylation sites (tertiary alicyclic amines) is 1. The van der Waals surface area contributed by atoms with E-state index in [9.17, 15) is 26.4 Å². The zero-order valence-electron chi connectivity index (χ0n) is 17.4. The molecular weight excluding hydrogens is 445 g/mol. The zero-order chi connectivity index (χ0) is 22.9. The summed E-state index contributed by atoms with van der Waals surface area (Å²) in [5, 5.41) is 0. The van der Waals surface area contributed by atoms with Crippen molar-refractivity contribution < 1.29 is 26.4 Å². The second-order valence-corrected chi connectivity index (χ2v) is 9.81. The number of halogens is 3. The van der Waals surface area contributed by atoms with Gasteiger partial charge in [-0.1, -0.05) is 0 Å². The van der Waals surface area contributed by atoms with Crippen molar-refractivity contribution in [2.24, 2.45) is 0 Å². The molecule has 0 saturated carbocycles. The fourth-order valence-electron chi connectivity index (χ4n) is 4.15. The number of carbonyl (C=O) groups excluding carboxylic acids is 1. The summed E-state index contributed by atoms with van der Waals surface area (Å²) in [6.45, 7) is 2.50. The topological polar surface area (TPSA) is 85.5 Å². The quantitative estimate of drug-likeness (QED) is 0.690. The fourth-order valence-corrected chi connectivity index (χ4v) is 5.21. The van der Waals surface area contributed by atoms with Crippen LogP contribution in [0, 0.1) is 0 Å². The maximum Gasteiger partial charge on any atom is 0.416 e. The number of sulfonamides is 1. The molecule has 11 heteroatoms. The van der Waals surface area contributed by atoms with Crippen molar-refractivity contribution in [3.8, 4) is 0 Å². The molecule has 0 radical (unpaired) electrons. The molecule has 2 N–H and O–H groups in total. The molecule has 4 rings (SSSR count). The van der Waals surface area contributed by atoms with Crippen molar-refractivity contribution in [1.82, 2.24) is 9.88 Å². The SMILES string of the molecule is O=C(c1cc(S(=O)(=O)Nc2cc(C(F)(F)F)ccc2N2CCCCC2)c[nH]1)N1CCCC1. The Kier molecular flexibility index (Phi) is 6.11. The number of aromatic nitrogens is 1. The molecular formula is C21H25F3N4O3S. The van der Waals surface area contributed by atoms with E-state index in [2.05, 4.69) is 9.71 Å². The van der Waals surface area contributed by atoms with Crippen molar-refractivity contribution >= 4 is 27.3 Å². The molecule has 1 aromatic heterocycles. The van der Waals surface area contributed by atoms with E-state index in [0.29, 0.717) is 31.9 Å². The first-order valence-electron chi connectivity index (χ1n) is 10.6. The van der Waals surface area contributed by atoms with Gasteiger partial charge in [0.1, 0.15) is 10.6 Å². The molecule has 2 aliphatic rings. The van der Waals surface area contributed by atoms with Gasteiger partial charge in [-0.3, -0.25) is 9.52 Å². The molecule has 174 valence electrons. The van der Waals surface area contributed by atoms with Crippen LogP contribution in [0.15, 0.2) is 35.4 Å². The third-order valence-electron chi connectivity index (χ3n) is 5.86. The van der Waals surface area contributed by atoms with Crippen LogP contribution in [-0.2, 0) is 16.2 Å². The Morgan fingerprint density at radius 1 is 0.969 bits per heavy atom. The summed E-state index contributed by atoms with van der Waals surface area (Å²) in [6, 6.07) is 4.32. The molecule has 7 nitrogen and oxygen atoms in total. The highest BCUT2D eigenvalue weighted by molar-refractivity contribution is 7.92. The molecule has 0 unspecified atom stereocenters. The van der Waals surface area contributed by atoms with Crippen molar-refractivity contribution in [2.45, 2.75) is 43.2 Å². The smallest absolute Gasteiger partial charge is 0.370 e. The molecule has 2 fully saturated rings. The number of carbonyl (C=O) groups is 1. The highest BCUT2D eigenvalue weighted by Gasteiger charge is 2.32. The first-order valence-corrected chi connectivity index (χ1v) is 12.1. The van der Waals surface area contributed by atoms with E-state index in [4.69, 9.17) is 0 Å². The van der Waals surface area contributed by atoms with E-state index in [1.165, 1.54) is 18.3 Å². The Morgan fingerprint density at radius 3 is 2.28 bits per heavy atom. The lowest BCUT2D eigenvalue weighted by atomic mass is 10.1. The predicted octanol–water partition coefficient (Wildman–Crippen LogP) is 4.06. The normalized spacial score (nSPS) is 17.6. The molecule has 0 atom stereocenters. The first-order chi connectivity index (χ1) is 15.1. The molecule has 1 amide bonds. The Balaban J connectivity index is 1.63. The number of anilines is 2. The summed E-state index contributed by atoms with van der Waals surface area (Å²) >= 11 is 0. The van der Waals surface area contributed by atoms with E-state index < -0.39 is 21.8 Å². The number of piperidine rings is 1. The van der Waals surface area contributed by atoms with Gasteiger partial charge in [0.15, 0.2) is 0 Å². The summed E-state index contributed by atoms with van der Waals surface area (Å²) in [7, 11) is -4.22. The van der Waals surface area contributed by atoms with E-state index in [-0.39, 0.29) is 22.2 Å². The molecule has 0 spiro atoms. The molecule has 32 heavy (non-hydrogen) atoms. The van der Waals surface area contributed by atoms with Gasteiger partial charge >= 0.3 is 6.18 Å². The standard InChI is InChI=1S/C21H25F3N4O3S/c22-21(23,24)15-6-7-19(27-8-2-1-3-9-27)17(12-15)26-32(30,31)16-13-18(25-14-16)20(29)28-10-4-5-11-28/h6-7,12-14,25-26H,1-5,8-11H2. The van der Waals surface area contributed by atoms with E-state index >= 15 is 0 Å². The van der Waals surface area contributed by atoms with Gasteiger partial charge in [-0.15, -0.1) is 0 Å². The fraction of sp³-hybridized carbons (Fsp3) is 0.476. The molecule has 0 bridgehead atoms. The molecule has 2 aromatic rings. The Bertz CT molecular complexity index is 1090. The monoisotopic (exact) mass is 470 g/mol. The van der Waals surface area contributed by atoms with Crippen LogP contribution in [0.5, 0.6) is 0 Å². The lowest BCUT2D eigenvalue weighted by Gasteiger charge is -2.31. The van der Waals surface area contributed by atoms with Gasteiger partial charge < -0.3 is 14.8 Å². The van der Waals surface area contributed by atoms with Crippen LogP contribution in [0.3, 0.4) is 0 Å². The van der Waals surface area contributed by atoms with Gasteiger partial charge in [0, 0.05) is 32.4 Å². The number of aromatic amines is 1. The second-order valence-electron chi connectivity index (χ2n) is 8.13. The highest BCUT2D eigenvalue weighted by Crippen LogP contribution is 2.37. The minimum Gasteiger partial charge on any atom is -0.370 e. The van der Waals surface area contributed by atoms with Gasteiger partial charge in [0.05, 0.1) is 16.9 Å². The van der Waals surface area contributed by atoms with Crippen LogP contribution in [0.2, 0.25) is 0 Å². The highest BCUT2D eigenvalue weighted by atomic mass is 32.2. The van der Waals surface area contributed by atoms with Crippen LogP contribution < -0.4 is 9.62 Å². The average molecular weight is 471 g/mol. The molecule has 3 heterocycles. The van der Waals surface area contributed by atoms with Crippen LogP contribution in [0.1, 0.15) is 48.2 Å². The maximum absolute atomic E-state index is 13.3. The van der Waals surface area contributed by atoms with Crippen LogP contribution in [0.25, 0.3) is 0 Å². The number of H-pyrrole nitrogens is 1. The lowest BCUT2D eigenvalue weighted by Crippen LogP contribution is -2.30. The van der Waals surface area contributed by atoms with Crippen LogP contribution in [-0.4, -0.2) is 50.4 Å². The summed E-state index contributed by atoms with van der Waals surface area (Å²) in [6.07, 6.45) is 1.15. The van der Waals surface area contributed by atoms with Crippen molar-refractivity contribution in [3.05, 3.63) is 41.7 Å². The van der Waals surface area contributed by atoms with Crippen molar-refractivity contribution in [3.63, 3.8) is 0 Å². The Hall–Kier alpha value is -2.69. The van der Waals surface area contributed by atoms with Crippen LogP contribution in [0.4, 0.5) is 24.5 Å². The van der Waals surface area contributed by atoms with E-state index in [1.54, 1.807) is 4.90 Å². The van der Waals surface area contributed by atoms with E-state index in [0.717, 1.165) is 44.2 Å². The Labute approximate surface area is 184 Å². The number of nitrogens with one attached hydrogen (secondary N) is 2. The van der Waals surface area contributed by atoms with Gasteiger partial charge in [-0.25, -0.2) is 8.42 Å². The van der Waals surface area contributed by atoms with Crippen molar-refractivity contribution in [1.29, 1.82) is 0 Å². The number of alkyl halides is 3. The number of amides is 1. The van der Waals surface area contributed by atoms with Gasteiger partial charge in [-0.2, -0.15) is 13.2 Å². The second kappa shape index (κ2) is 8.68. The number of nitrogens with zero attached hydrogens (tertiary/aromatic N) is 2. The van der Waals surface area contributed by atoms with Gasteiger partial charge in [-0.05, 0) is 56.4 Å². The summed E-state index contributed by atoms with van der Waals surface area (Å²) in [5.74, 6) is -0.294.